The molecule has 2 nitrogen and oxygen atoms in total. The van der Waals surface area contributed by atoms with Crippen LogP contribution in [0.4, 0.5) is 0 Å². The molecular weight excluding hydrogens is 212 g/mol. The Labute approximate surface area is 104 Å². The standard InChI is InChI=1S/C15H22O2/c1-11(16)7-5-6-8-14-9-10-15(17-4)13(3)12(14)2/h9-10H,5-8H2,1-4H3. The fraction of sp³-hybridized carbons (Fsp3) is 0.533. The Kier molecular flexibility index (Phi) is 5.20. The summed E-state index contributed by atoms with van der Waals surface area (Å²) < 4.78 is 5.29. The van der Waals surface area contributed by atoms with E-state index in [0.717, 1.165) is 25.0 Å². The lowest BCUT2D eigenvalue weighted by Gasteiger charge is -2.12. The number of ketones is 1. The molecule has 0 aliphatic carbocycles. The molecule has 17 heavy (non-hydrogen) atoms. The van der Waals surface area contributed by atoms with Crippen LogP contribution < -0.4 is 4.74 Å². The first-order valence-electron chi connectivity index (χ1n) is 6.18. The number of carbonyl (C=O) groups excluding carboxylic acids is 1. The first kappa shape index (κ1) is 13.8. The molecule has 0 heterocycles. The van der Waals surface area contributed by atoms with Crippen LogP contribution in [0.1, 0.15) is 42.9 Å². The van der Waals surface area contributed by atoms with E-state index in [2.05, 4.69) is 19.9 Å². The number of ether oxygens (including phenoxy) is 1. The second-order valence-corrected chi connectivity index (χ2v) is 4.59. The van der Waals surface area contributed by atoms with E-state index in [-0.39, 0.29) is 5.78 Å². The molecule has 1 aromatic rings. The van der Waals surface area contributed by atoms with Crippen molar-refractivity contribution in [3.8, 4) is 5.75 Å². The Morgan fingerprint density at radius 2 is 1.88 bits per heavy atom. The van der Waals surface area contributed by atoms with E-state index < -0.39 is 0 Å². The Bertz CT molecular complexity index is 394. The molecule has 0 atom stereocenters. The predicted molar refractivity (Wildman–Crippen MR) is 70.7 cm³/mol. The van der Waals surface area contributed by atoms with Gasteiger partial charge in [-0.2, -0.15) is 0 Å². The van der Waals surface area contributed by atoms with Crippen LogP contribution in [0.3, 0.4) is 0 Å². The Hall–Kier alpha value is -1.31. The molecule has 94 valence electrons. The molecule has 0 aliphatic rings. The molecule has 0 saturated carbocycles. The van der Waals surface area contributed by atoms with Crippen molar-refractivity contribution in [1.29, 1.82) is 0 Å². The van der Waals surface area contributed by atoms with Crippen molar-refractivity contribution in [2.24, 2.45) is 0 Å². The van der Waals surface area contributed by atoms with Crippen LogP contribution in [0.15, 0.2) is 12.1 Å². The first-order chi connectivity index (χ1) is 8.06. The van der Waals surface area contributed by atoms with Gasteiger partial charge in [-0.1, -0.05) is 6.07 Å². The van der Waals surface area contributed by atoms with E-state index in [9.17, 15) is 4.79 Å². The number of hydrogen-bond acceptors (Lipinski definition) is 2. The molecule has 0 N–H and O–H groups in total. The number of unbranched alkanes of at least 4 members (excludes halogenated alkanes) is 1. The van der Waals surface area contributed by atoms with Gasteiger partial charge in [0.25, 0.3) is 0 Å². The van der Waals surface area contributed by atoms with Gasteiger partial charge in [-0.05, 0) is 62.8 Å². The number of benzene rings is 1. The van der Waals surface area contributed by atoms with Crippen LogP contribution >= 0.6 is 0 Å². The van der Waals surface area contributed by atoms with E-state index >= 15 is 0 Å². The van der Waals surface area contributed by atoms with Crippen molar-refractivity contribution >= 4 is 5.78 Å². The van der Waals surface area contributed by atoms with E-state index in [1.165, 1.54) is 16.7 Å². The average molecular weight is 234 g/mol. The van der Waals surface area contributed by atoms with Gasteiger partial charge >= 0.3 is 0 Å². The quantitative estimate of drug-likeness (QED) is 0.703. The zero-order valence-corrected chi connectivity index (χ0v) is 11.3. The smallest absolute Gasteiger partial charge is 0.129 e. The molecule has 0 spiro atoms. The lowest BCUT2D eigenvalue weighted by Crippen LogP contribution is -1.97. The summed E-state index contributed by atoms with van der Waals surface area (Å²) in [4.78, 5) is 10.8. The third-order valence-corrected chi connectivity index (χ3v) is 3.29. The largest absolute Gasteiger partial charge is 0.496 e. The number of aryl methyl sites for hydroxylation is 1. The number of hydrogen-bond donors (Lipinski definition) is 0. The zero-order chi connectivity index (χ0) is 12.8. The van der Waals surface area contributed by atoms with Gasteiger partial charge in [0.15, 0.2) is 0 Å². The van der Waals surface area contributed by atoms with Gasteiger partial charge in [0.1, 0.15) is 11.5 Å². The van der Waals surface area contributed by atoms with Gasteiger partial charge in [-0.25, -0.2) is 0 Å². The van der Waals surface area contributed by atoms with E-state index in [4.69, 9.17) is 4.74 Å². The Morgan fingerprint density at radius 1 is 1.18 bits per heavy atom. The van der Waals surface area contributed by atoms with Crippen molar-refractivity contribution in [3.05, 3.63) is 28.8 Å². The lowest BCUT2D eigenvalue weighted by atomic mass is 9.97. The number of rotatable bonds is 6. The molecule has 0 fully saturated rings. The normalized spacial score (nSPS) is 10.4. The lowest BCUT2D eigenvalue weighted by molar-refractivity contribution is -0.117. The second kappa shape index (κ2) is 6.43. The van der Waals surface area contributed by atoms with E-state index in [1.807, 2.05) is 6.07 Å². The summed E-state index contributed by atoms with van der Waals surface area (Å²) >= 11 is 0. The minimum Gasteiger partial charge on any atom is -0.496 e. The van der Waals surface area contributed by atoms with Crippen molar-refractivity contribution in [1.82, 2.24) is 0 Å². The second-order valence-electron chi connectivity index (χ2n) is 4.59. The van der Waals surface area contributed by atoms with Crippen LogP contribution in [0.2, 0.25) is 0 Å². The van der Waals surface area contributed by atoms with Gasteiger partial charge in [-0.15, -0.1) is 0 Å². The maximum absolute atomic E-state index is 10.8. The fourth-order valence-corrected chi connectivity index (χ4v) is 2.03. The summed E-state index contributed by atoms with van der Waals surface area (Å²) in [7, 11) is 1.70. The maximum atomic E-state index is 10.8. The Morgan fingerprint density at radius 3 is 2.47 bits per heavy atom. The highest BCUT2D eigenvalue weighted by atomic mass is 16.5. The summed E-state index contributed by atoms with van der Waals surface area (Å²) in [6.45, 7) is 5.88. The first-order valence-corrected chi connectivity index (χ1v) is 6.18. The van der Waals surface area contributed by atoms with Crippen molar-refractivity contribution in [2.75, 3.05) is 7.11 Å². The molecule has 0 amide bonds. The van der Waals surface area contributed by atoms with E-state index in [0.29, 0.717) is 6.42 Å². The van der Waals surface area contributed by atoms with Gasteiger partial charge in [0, 0.05) is 6.42 Å². The zero-order valence-electron chi connectivity index (χ0n) is 11.3. The number of Topliss-reactive ketones (excluding diaryl/α,β-unsaturated/α-hetero) is 1. The van der Waals surface area contributed by atoms with Crippen LogP contribution in [0.5, 0.6) is 5.75 Å². The summed E-state index contributed by atoms with van der Waals surface area (Å²) in [5.74, 6) is 1.24. The highest BCUT2D eigenvalue weighted by Crippen LogP contribution is 2.24. The average Bonchev–Trinajstić information content (AvgIpc) is 2.29. The molecular formula is C15H22O2. The summed E-state index contributed by atoms with van der Waals surface area (Å²) in [5, 5.41) is 0. The molecule has 2 heteroatoms. The molecule has 0 saturated heterocycles. The minimum atomic E-state index is 0.285. The van der Waals surface area contributed by atoms with Gasteiger partial charge < -0.3 is 9.53 Å². The third kappa shape index (κ3) is 3.88. The van der Waals surface area contributed by atoms with Gasteiger partial charge in [0.05, 0.1) is 7.11 Å². The number of methoxy groups -OCH3 is 1. The van der Waals surface area contributed by atoms with Gasteiger partial charge in [-0.3, -0.25) is 0 Å². The maximum Gasteiger partial charge on any atom is 0.129 e. The van der Waals surface area contributed by atoms with E-state index in [1.54, 1.807) is 14.0 Å². The van der Waals surface area contributed by atoms with Crippen molar-refractivity contribution in [2.45, 2.75) is 46.5 Å². The Balaban J connectivity index is 2.60. The molecule has 0 unspecified atom stereocenters. The highest BCUT2D eigenvalue weighted by Gasteiger charge is 2.06. The summed E-state index contributed by atoms with van der Waals surface area (Å²) in [6, 6.07) is 4.16. The predicted octanol–water partition coefficient (Wildman–Crippen LogP) is 3.61. The summed E-state index contributed by atoms with van der Waals surface area (Å²) in [5.41, 5.74) is 3.90. The molecule has 1 aromatic carbocycles. The van der Waals surface area contributed by atoms with Gasteiger partial charge in [0.2, 0.25) is 0 Å². The topological polar surface area (TPSA) is 26.3 Å². The SMILES string of the molecule is COc1ccc(CCCCC(C)=O)c(C)c1C. The molecule has 0 bridgehead atoms. The molecule has 1 rings (SSSR count). The van der Waals surface area contributed by atoms with Crippen molar-refractivity contribution in [3.63, 3.8) is 0 Å². The monoisotopic (exact) mass is 234 g/mol. The van der Waals surface area contributed by atoms with Crippen molar-refractivity contribution < 1.29 is 9.53 Å². The van der Waals surface area contributed by atoms with Crippen LogP contribution in [0, 0.1) is 13.8 Å². The molecule has 0 aliphatic heterocycles. The molecule has 0 radical (unpaired) electrons. The highest BCUT2D eigenvalue weighted by molar-refractivity contribution is 5.75. The minimum absolute atomic E-state index is 0.285. The van der Waals surface area contributed by atoms with Crippen LogP contribution in [-0.4, -0.2) is 12.9 Å². The molecule has 0 aromatic heterocycles. The van der Waals surface area contributed by atoms with Crippen LogP contribution in [0.25, 0.3) is 0 Å². The third-order valence-electron chi connectivity index (χ3n) is 3.29. The van der Waals surface area contributed by atoms with Crippen LogP contribution in [-0.2, 0) is 11.2 Å². The fourth-order valence-electron chi connectivity index (χ4n) is 2.03. The summed E-state index contributed by atoms with van der Waals surface area (Å²) in [6.07, 6.45) is 3.81. The number of carbonyl (C=O) groups is 1.